The summed E-state index contributed by atoms with van der Waals surface area (Å²) in [5, 5.41) is 0.766. The lowest BCUT2D eigenvalue weighted by Gasteiger charge is -2.38. The maximum Gasteiger partial charge on any atom is 0.267 e. The summed E-state index contributed by atoms with van der Waals surface area (Å²) < 4.78 is 36.9. The summed E-state index contributed by atoms with van der Waals surface area (Å²) in [7, 11) is -3.36. The Bertz CT molecular complexity index is 1280. The Balaban J connectivity index is 1.29. The SMILES string of the molecule is CC1Oc2ccccc2OC1C(=O)N1CCN(c2nc3c(S(C)(=O)=O)cccc3s2)CC1. The van der Waals surface area contributed by atoms with Gasteiger partial charge in [0.15, 0.2) is 26.5 Å². The summed E-state index contributed by atoms with van der Waals surface area (Å²) in [5.41, 5.74) is 0.508. The third-order valence-corrected chi connectivity index (χ3v) is 7.93. The number of hydrogen-bond acceptors (Lipinski definition) is 8. The Morgan fingerprint density at radius 3 is 2.41 bits per heavy atom. The highest BCUT2D eigenvalue weighted by Gasteiger charge is 2.38. The summed E-state index contributed by atoms with van der Waals surface area (Å²) in [6.45, 7) is 4.12. The molecular weight excluding hydrogens is 450 g/mol. The topological polar surface area (TPSA) is 89.0 Å². The number of sulfone groups is 1. The number of thiazole rings is 1. The van der Waals surface area contributed by atoms with Crippen LogP contribution in [-0.2, 0) is 14.6 Å². The molecule has 3 heterocycles. The lowest BCUT2D eigenvalue weighted by Crippen LogP contribution is -2.56. The van der Waals surface area contributed by atoms with Crippen molar-refractivity contribution >= 4 is 42.4 Å². The molecule has 0 spiro atoms. The third-order valence-electron chi connectivity index (χ3n) is 5.72. The molecule has 0 bridgehead atoms. The number of aromatic nitrogens is 1. The summed E-state index contributed by atoms with van der Waals surface area (Å²) in [5.74, 6) is 1.15. The number of carbonyl (C=O) groups is 1. The van der Waals surface area contributed by atoms with Gasteiger partial charge in [0.1, 0.15) is 11.6 Å². The van der Waals surface area contributed by atoms with E-state index in [1.807, 2.05) is 31.2 Å². The van der Waals surface area contributed by atoms with Gasteiger partial charge in [-0.15, -0.1) is 0 Å². The molecular formula is C22H23N3O5S2. The Hall–Kier alpha value is -2.85. The van der Waals surface area contributed by atoms with E-state index in [1.165, 1.54) is 17.6 Å². The van der Waals surface area contributed by atoms with Crippen molar-refractivity contribution in [1.29, 1.82) is 0 Å². The lowest BCUT2D eigenvalue weighted by atomic mass is 10.1. The van der Waals surface area contributed by atoms with Crippen LogP contribution in [0.2, 0.25) is 0 Å². The molecule has 2 aliphatic heterocycles. The van der Waals surface area contributed by atoms with E-state index in [2.05, 4.69) is 9.88 Å². The van der Waals surface area contributed by atoms with Gasteiger partial charge in [0.25, 0.3) is 5.91 Å². The predicted octanol–water partition coefficient (Wildman–Crippen LogP) is 2.58. The molecule has 1 aromatic heterocycles. The first-order chi connectivity index (χ1) is 15.3. The van der Waals surface area contributed by atoms with Gasteiger partial charge in [-0.2, -0.15) is 0 Å². The van der Waals surface area contributed by atoms with Crippen molar-refractivity contribution in [1.82, 2.24) is 9.88 Å². The van der Waals surface area contributed by atoms with Gasteiger partial charge in [-0.1, -0.05) is 29.5 Å². The summed E-state index contributed by atoms with van der Waals surface area (Å²) in [6.07, 6.45) is 0.132. The maximum atomic E-state index is 13.1. The normalized spacial score (nSPS) is 21.1. The smallest absolute Gasteiger partial charge is 0.267 e. The highest BCUT2D eigenvalue weighted by atomic mass is 32.2. The zero-order chi connectivity index (χ0) is 22.5. The first-order valence-electron chi connectivity index (χ1n) is 10.4. The van der Waals surface area contributed by atoms with Gasteiger partial charge >= 0.3 is 0 Å². The first-order valence-corrected chi connectivity index (χ1v) is 13.1. The Labute approximate surface area is 190 Å². The Kier molecular flexibility index (Phi) is 5.21. The van der Waals surface area contributed by atoms with Crippen LogP contribution in [0.1, 0.15) is 6.92 Å². The number of para-hydroxylation sites is 3. The van der Waals surface area contributed by atoms with E-state index in [9.17, 15) is 13.2 Å². The molecule has 8 nitrogen and oxygen atoms in total. The fourth-order valence-electron chi connectivity index (χ4n) is 4.03. The minimum atomic E-state index is -3.36. The molecule has 32 heavy (non-hydrogen) atoms. The fraction of sp³-hybridized carbons (Fsp3) is 0.364. The molecule has 2 unspecified atom stereocenters. The average Bonchev–Trinajstić information content (AvgIpc) is 3.22. The largest absolute Gasteiger partial charge is 0.482 e. The molecule has 2 aliphatic rings. The number of fused-ring (bicyclic) bond motifs is 2. The lowest BCUT2D eigenvalue weighted by molar-refractivity contribution is -0.144. The van der Waals surface area contributed by atoms with Crippen LogP contribution in [0.25, 0.3) is 10.2 Å². The van der Waals surface area contributed by atoms with Gasteiger partial charge < -0.3 is 19.3 Å². The van der Waals surface area contributed by atoms with Crippen molar-refractivity contribution < 1.29 is 22.7 Å². The molecule has 0 N–H and O–H groups in total. The van der Waals surface area contributed by atoms with E-state index in [0.717, 1.165) is 9.83 Å². The Morgan fingerprint density at radius 2 is 1.72 bits per heavy atom. The van der Waals surface area contributed by atoms with Crippen LogP contribution in [0, 0.1) is 0 Å². The van der Waals surface area contributed by atoms with E-state index in [1.54, 1.807) is 23.1 Å². The molecule has 1 saturated heterocycles. The number of anilines is 1. The van der Waals surface area contributed by atoms with Crippen molar-refractivity contribution in [3.63, 3.8) is 0 Å². The molecule has 168 valence electrons. The van der Waals surface area contributed by atoms with Crippen LogP contribution in [0.5, 0.6) is 11.5 Å². The summed E-state index contributed by atoms with van der Waals surface area (Å²) >= 11 is 1.47. The van der Waals surface area contributed by atoms with E-state index in [-0.39, 0.29) is 16.9 Å². The number of carbonyl (C=O) groups excluding carboxylic acids is 1. The quantitative estimate of drug-likeness (QED) is 0.578. The highest BCUT2D eigenvalue weighted by Crippen LogP contribution is 2.35. The van der Waals surface area contributed by atoms with Crippen LogP contribution in [0.4, 0.5) is 5.13 Å². The van der Waals surface area contributed by atoms with Crippen molar-refractivity contribution in [2.45, 2.75) is 24.0 Å². The zero-order valence-electron chi connectivity index (χ0n) is 17.7. The second-order valence-corrected chi connectivity index (χ2v) is 11.0. The second kappa shape index (κ2) is 7.93. The van der Waals surface area contributed by atoms with Crippen molar-refractivity contribution in [2.75, 3.05) is 37.3 Å². The predicted molar refractivity (Wildman–Crippen MR) is 122 cm³/mol. The number of amides is 1. The van der Waals surface area contributed by atoms with Crippen molar-refractivity contribution in [3.05, 3.63) is 42.5 Å². The van der Waals surface area contributed by atoms with E-state index < -0.39 is 15.9 Å². The highest BCUT2D eigenvalue weighted by molar-refractivity contribution is 7.91. The molecule has 2 atom stereocenters. The second-order valence-electron chi connectivity index (χ2n) is 7.99. The van der Waals surface area contributed by atoms with Crippen LogP contribution >= 0.6 is 11.3 Å². The van der Waals surface area contributed by atoms with Gasteiger partial charge in [-0.3, -0.25) is 4.79 Å². The molecule has 5 rings (SSSR count). The number of rotatable bonds is 3. The number of hydrogen-bond donors (Lipinski definition) is 0. The molecule has 1 amide bonds. The number of piperazine rings is 1. The van der Waals surface area contributed by atoms with Crippen LogP contribution in [-0.4, -0.2) is 68.9 Å². The molecule has 2 aromatic carbocycles. The number of nitrogens with zero attached hydrogens (tertiary/aromatic N) is 3. The summed E-state index contributed by atoms with van der Waals surface area (Å²) in [6, 6.07) is 12.6. The van der Waals surface area contributed by atoms with Crippen LogP contribution in [0.15, 0.2) is 47.4 Å². The molecule has 3 aromatic rings. The van der Waals surface area contributed by atoms with Crippen LogP contribution < -0.4 is 14.4 Å². The van der Waals surface area contributed by atoms with E-state index in [4.69, 9.17) is 9.47 Å². The van der Waals surface area contributed by atoms with Gasteiger partial charge in [0.2, 0.25) is 6.10 Å². The number of benzene rings is 2. The first kappa shape index (κ1) is 21.0. The van der Waals surface area contributed by atoms with Gasteiger partial charge in [-0.25, -0.2) is 13.4 Å². The minimum absolute atomic E-state index is 0.0877. The molecule has 0 saturated carbocycles. The monoisotopic (exact) mass is 473 g/mol. The van der Waals surface area contributed by atoms with Crippen LogP contribution in [0.3, 0.4) is 0 Å². The molecule has 10 heteroatoms. The standard InChI is InChI=1S/C22H23N3O5S2/c1-14-20(30-16-7-4-3-6-15(16)29-14)21(26)24-10-12-25(13-11-24)22-23-19-17(31-22)8-5-9-18(19)32(2,27)28/h3-9,14,20H,10-13H2,1-2H3. The zero-order valence-corrected chi connectivity index (χ0v) is 19.4. The van der Waals surface area contributed by atoms with E-state index >= 15 is 0 Å². The van der Waals surface area contributed by atoms with Crippen molar-refractivity contribution in [2.24, 2.45) is 0 Å². The molecule has 0 radical (unpaired) electrons. The van der Waals surface area contributed by atoms with Gasteiger partial charge in [0.05, 0.1) is 9.60 Å². The fourth-order valence-corrected chi connectivity index (χ4v) is 5.98. The van der Waals surface area contributed by atoms with Gasteiger partial charge in [0, 0.05) is 32.4 Å². The van der Waals surface area contributed by atoms with E-state index in [0.29, 0.717) is 43.2 Å². The Morgan fingerprint density at radius 1 is 1.03 bits per heavy atom. The van der Waals surface area contributed by atoms with Gasteiger partial charge in [-0.05, 0) is 31.2 Å². The van der Waals surface area contributed by atoms with Crippen molar-refractivity contribution in [3.8, 4) is 11.5 Å². The maximum absolute atomic E-state index is 13.1. The molecule has 0 aliphatic carbocycles. The molecule has 1 fully saturated rings. The average molecular weight is 474 g/mol. The third kappa shape index (κ3) is 3.77. The minimum Gasteiger partial charge on any atom is -0.482 e. The number of ether oxygens (including phenoxy) is 2. The summed E-state index contributed by atoms with van der Waals surface area (Å²) in [4.78, 5) is 21.9.